The van der Waals surface area contributed by atoms with Crippen molar-refractivity contribution in [2.75, 3.05) is 13.2 Å². The highest BCUT2D eigenvalue weighted by Gasteiger charge is 2.03. The van der Waals surface area contributed by atoms with E-state index in [2.05, 4.69) is 10.3 Å². The van der Waals surface area contributed by atoms with Crippen LogP contribution in [-0.4, -0.2) is 24.0 Å². The largest absolute Gasteiger partial charge is 0.484 e. The molecule has 3 aromatic rings. The lowest BCUT2D eigenvalue weighted by atomic mass is 10.2. The number of ether oxygens (including phenoxy) is 1. The average Bonchev–Trinajstić information content (AvgIpc) is 3.01. The summed E-state index contributed by atoms with van der Waals surface area (Å²) in [5, 5.41) is 4.31. The Kier molecular flexibility index (Phi) is 5.68. The number of halogens is 1. The molecule has 2 aromatic carbocycles. The van der Waals surface area contributed by atoms with Gasteiger partial charge in [-0.1, -0.05) is 29.8 Å². The summed E-state index contributed by atoms with van der Waals surface area (Å²) in [6, 6.07) is 13.3. The fraction of sp³-hybridized carbons (Fsp3) is 0.158. The monoisotopic (exact) mass is 372 g/mol. The Morgan fingerprint density at radius 3 is 2.80 bits per heavy atom. The molecule has 0 aliphatic heterocycles. The number of benzene rings is 2. The van der Waals surface area contributed by atoms with Crippen LogP contribution in [0.4, 0.5) is 0 Å². The van der Waals surface area contributed by atoms with E-state index in [1.165, 1.54) is 0 Å². The SMILES string of the molecule is CCNC(=O)COc1ccc(/C=C/c2nc3cc(Cl)ccc3s2)cc1. The van der Waals surface area contributed by atoms with Gasteiger partial charge in [0, 0.05) is 11.6 Å². The first kappa shape index (κ1) is 17.5. The molecular formula is C19H17ClN2O2S. The van der Waals surface area contributed by atoms with Gasteiger partial charge in [-0.15, -0.1) is 11.3 Å². The summed E-state index contributed by atoms with van der Waals surface area (Å²) in [7, 11) is 0. The molecule has 1 N–H and O–H groups in total. The van der Waals surface area contributed by atoms with Crippen molar-refractivity contribution in [1.29, 1.82) is 0 Å². The number of aromatic nitrogens is 1. The van der Waals surface area contributed by atoms with Crippen molar-refractivity contribution in [2.24, 2.45) is 0 Å². The van der Waals surface area contributed by atoms with E-state index >= 15 is 0 Å². The lowest BCUT2D eigenvalue weighted by molar-refractivity contribution is -0.122. The molecule has 128 valence electrons. The molecular weight excluding hydrogens is 356 g/mol. The third-order valence-electron chi connectivity index (χ3n) is 3.41. The van der Waals surface area contributed by atoms with Gasteiger partial charge in [0.05, 0.1) is 10.2 Å². The molecule has 0 aliphatic carbocycles. The zero-order chi connectivity index (χ0) is 17.6. The molecule has 25 heavy (non-hydrogen) atoms. The van der Waals surface area contributed by atoms with Crippen molar-refractivity contribution in [3.05, 3.63) is 58.1 Å². The third kappa shape index (κ3) is 4.81. The molecule has 1 heterocycles. The van der Waals surface area contributed by atoms with E-state index in [-0.39, 0.29) is 12.5 Å². The first-order chi connectivity index (χ1) is 12.1. The van der Waals surface area contributed by atoms with Gasteiger partial charge in [-0.3, -0.25) is 4.79 Å². The highest BCUT2D eigenvalue weighted by atomic mass is 35.5. The van der Waals surface area contributed by atoms with E-state index in [0.717, 1.165) is 20.8 Å². The summed E-state index contributed by atoms with van der Waals surface area (Å²) < 4.78 is 6.54. The maximum atomic E-state index is 11.4. The van der Waals surface area contributed by atoms with E-state index in [0.29, 0.717) is 17.3 Å². The number of thiazole rings is 1. The van der Waals surface area contributed by atoms with Gasteiger partial charge in [-0.2, -0.15) is 0 Å². The summed E-state index contributed by atoms with van der Waals surface area (Å²) in [6.45, 7) is 2.50. The van der Waals surface area contributed by atoms with E-state index in [9.17, 15) is 4.79 Å². The van der Waals surface area contributed by atoms with Crippen LogP contribution in [-0.2, 0) is 4.79 Å². The molecule has 0 spiro atoms. The second-order valence-electron chi connectivity index (χ2n) is 5.31. The molecule has 0 fully saturated rings. The number of hydrogen-bond acceptors (Lipinski definition) is 4. The summed E-state index contributed by atoms with van der Waals surface area (Å²) >= 11 is 7.61. The van der Waals surface area contributed by atoms with Crippen molar-refractivity contribution < 1.29 is 9.53 Å². The van der Waals surface area contributed by atoms with Crippen molar-refractivity contribution in [1.82, 2.24) is 10.3 Å². The number of fused-ring (bicyclic) bond motifs is 1. The molecule has 1 amide bonds. The number of rotatable bonds is 6. The van der Waals surface area contributed by atoms with E-state index in [1.54, 1.807) is 11.3 Å². The van der Waals surface area contributed by atoms with Gasteiger partial charge in [0.15, 0.2) is 6.61 Å². The van der Waals surface area contributed by atoms with Crippen LogP contribution in [0.2, 0.25) is 5.02 Å². The van der Waals surface area contributed by atoms with Crippen molar-refractivity contribution in [3.63, 3.8) is 0 Å². The Hall–Kier alpha value is -2.37. The minimum absolute atomic E-state index is 0.0251. The van der Waals surface area contributed by atoms with Gasteiger partial charge in [0.1, 0.15) is 10.8 Å². The molecule has 0 saturated heterocycles. The number of nitrogens with one attached hydrogen (secondary N) is 1. The predicted molar refractivity (Wildman–Crippen MR) is 104 cm³/mol. The summed E-state index contributed by atoms with van der Waals surface area (Å²) in [5.41, 5.74) is 1.94. The van der Waals surface area contributed by atoms with E-state index in [4.69, 9.17) is 16.3 Å². The quantitative estimate of drug-likeness (QED) is 0.686. The van der Waals surface area contributed by atoms with Gasteiger partial charge in [-0.25, -0.2) is 4.98 Å². The smallest absolute Gasteiger partial charge is 0.257 e. The summed E-state index contributed by atoms with van der Waals surface area (Å²) in [4.78, 5) is 15.9. The number of hydrogen-bond donors (Lipinski definition) is 1. The number of carbonyl (C=O) groups excluding carboxylic acids is 1. The first-order valence-corrected chi connectivity index (χ1v) is 9.07. The molecule has 0 saturated carbocycles. The number of likely N-dealkylation sites (N-methyl/N-ethyl adjacent to an activating group) is 1. The minimum Gasteiger partial charge on any atom is -0.484 e. The number of nitrogens with zero attached hydrogens (tertiary/aromatic N) is 1. The Bertz CT molecular complexity index is 903. The second kappa shape index (κ2) is 8.14. The van der Waals surface area contributed by atoms with Crippen LogP contribution in [0.25, 0.3) is 22.4 Å². The average molecular weight is 373 g/mol. The number of carbonyl (C=O) groups is 1. The molecule has 4 nitrogen and oxygen atoms in total. The Balaban J connectivity index is 1.63. The minimum atomic E-state index is -0.123. The van der Waals surface area contributed by atoms with Gasteiger partial charge in [0.2, 0.25) is 0 Å². The molecule has 1 aromatic heterocycles. The molecule has 6 heteroatoms. The molecule has 0 bridgehead atoms. The van der Waals surface area contributed by atoms with Crippen molar-refractivity contribution in [2.45, 2.75) is 6.92 Å². The lowest BCUT2D eigenvalue weighted by Gasteiger charge is -2.06. The summed E-state index contributed by atoms with van der Waals surface area (Å²) in [5.74, 6) is 0.542. The van der Waals surface area contributed by atoms with Gasteiger partial charge >= 0.3 is 0 Å². The highest BCUT2D eigenvalue weighted by molar-refractivity contribution is 7.19. The highest BCUT2D eigenvalue weighted by Crippen LogP contribution is 2.26. The fourth-order valence-electron chi connectivity index (χ4n) is 2.23. The Labute approximate surface area is 155 Å². The zero-order valence-electron chi connectivity index (χ0n) is 13.7. The molecule has 0 unspecified atom stereocenters. The fourth-order valence-corrected chi connectivity index (χ4v) is 3.25. The lowest BCUT2D eigenvalue weighted by Crippen LogP contribution is -2.28. The molecule has 3 rings (SSSR count). The van der Waals surface area contributed by atoms with Gasteiger partial charge in [0.25, 0.3) is 5.91 Å². The van der Waals surface area contributed by atoms with E-state index < -0.39 is 0 Å². The standard InChI is InChI=1S/C19H17ClN2O2S/c1-2-21-18(23)12-24-15-7-3-13(4-8-15)5-10-19-22-16-11-14(20)6-9-17(16)25-19/h3-11H,2,12H2,1H3,(H,21,23)/b10-5+. The third-order valence-corrected chi connectivity index (χ3v) is 4.65. The van der Waals surface area contributed by atoms with Crippen LogP contribution in [0.15, 0.2) is 42.5 Å². The van der Waals surface area contributed by atoms with Crippen LogP contribution in [0.5, 0.6) is 5.75 Å². The maximum absolute atomic E-state index is 11.4. The van der Waals surface area contributed by atoms with Crippen molar-refractivity contribution >= 4 is 51.2 Å². The van der Waals surface area contributed by atoms with Crippen LogP contribution >= 0.6 is 22.9 Å². The maximum Gasteiger partial charge on any atom is 0.257 e. The van der Waals surface area contributed by atoms with E-state index in [1.807, 2.05) is 61.5 Å². The topological polar surface area (TPSA) is 51.2 Å². The van der Waals surface area contributed by atoms with Gasteiger partial charge in [-0.05, 0) is 48.9 Å². The van der Waals surface area contributed by atoms with Crippen LogP contribution in [0.1, 0.15) is 17.5 Å². The van der Waals surface area contributed by atoms with Gasteiger partial charge < -0.3 is 10.1 Å². The molecule has 0 aliphatic rings. The van der Waals surface area contributed by atoms with Crippen LogP contribution in [0, 0.1) is 0 Å². The summed E-state index contributed by atoms with van der Waals surface area (Å²) in [6.07, 6.45) is 3.97. The second-order valence-corrected chi connectivity index (χ2v) is 6.81. The first-order valence-electron chi connectivity index (χ1n) is 7.88. The molecule has 0 radical (unpaired) electrons. The van der Waals surface area contributed by atoms with Crippen molar-refractivity contribution in [3.8, 4) is 5.75 Å². The van der Waals surface area contributed by atoms with Crippen LogP contribution < -0.4 is 10.1 Å². The van der Waals surface area contributed by atoms with Crippen LogP contribution in [0.3, 0.4) is 0 Å². The predicted octanol–water partition coefficient (Wildman–Crippen LogP) is 4.64. The normalized spacial score (nSPS) is 11.1. The Morgan fingerprint density at radius 2 is 2.04 bits per heavy atom. The number of amides is 1. The Morgan fingerprint density at radius 1 is 1.24 bits per heavy atom. The molecule has 0 atom stereocenters. The zero-order valence-corrected chi connectivity index (χ0v) is 15.2.